The van der Waals surface area contributed by atoms with Crippen LogP contribution in [-0.2, 0) is 6.54 Å². The van der Waals surface area contributed by atoms with E-state index in [1.807, 2.05) is 53.4 Å². The molecule has 5 heteroatoms. The molecule has 2 unspecified atom stereocenters. The van der Waals surface area contributed by atoms with Crippen molar-refractivity contribution in [3.05, 3.63) is 66.0 Å². The molecule has 2 amide bonds. The molecule has 2 heterocycles. The SMILES string of the molecule is O=C(NCc1ccccn1)N1CCCC1CC(O)c1ccccc1. The molecule has 1 fully saturated rings. The number of nitrogens with zero attached hydrogens (tertiary/aromatic N) is 2. The lowest BCUT2D eigenvalue weighted by molar-refractivity contribution is 0.126. The Balaban J connectivity index is 1.55. The number of benzene rings is 1. The average Bonchev–Trinajstić information content (AvgIpc) is 3.09. The van der Waals surface area contributed by atoms with E-state index in [4.69, 9.17) is 0 Å². The number of carbonyl (C=O) groups excluding carboxylic acids is 1. The smallest absolute Gasteiger partial charge is 0.317 e. The van der Waals surface area contributed by atoms with E-state index in [1.165, 1.54) is 0 Å². The highest BCUT2D eigenvalue weighted by Crippen LogP contribution is 2.27. The van der Waals surface area contributed by atoms with Gasteiger partial charge in [-0.15, -0.1) is 0 Å². The molecule has 0 bridgehead atoms. The molecule has 1 saturated heterocycles. The van der Waals surface area contributed by atoms with Crippen LogP contribution in [-0.4, -0.2) is 33.6 Å². The van der Waals surface area contributed by atoms with Crippen LogP contribution in [0.5, 0.6) is 0 Å². The van der Waals surface area contributed by atoms with Crippen LogP contribution in [0.4, 0.5) is 4.79 Å². The molecular formula is C19H23N3O2. The van der Waals surface area contributed by atoms with Crippen LogP contribution in [0.1, 0.15) is 36.6 Å². The number of rotatable bonds is 5. The Morgan fingerprint density at radius 2 is 2.04 bits per heavy atom. The minimum Gasteiger partial charge on any atom is -0.388 e. The van der Waals surface area contributed by atoms with Gasteiger partial charge in [-0.3, -0.25) is 4.98 Å². The largest absolute Gasteiger partial charge is 0.388 e. The zero-order chi connectivity index (χ0) is 16.8. The molecule has 0 radical (unpaired) electrons. The molecule has 0 spiro atoms. The molecule has 2 aromatic rings. The van der Waals surface area contributed by atoms with Gasteiger partial charge in [-0.2, -0.15) is 0 Å². The predicted octanol–water partition coefficient (Wildman–Crippen LogP) is 2.88. The first-order chi connectivity index (χ1) is 11.7. The summed E-state index contributed by atoms with van der Waals surface area (Å²) in [6, 6.07) is 15.3. The van der Waals surface area contributed by atoms with E-state index in [9.17, 15) is 9.90 Å². The van der Waals surface area contributed by atoms with Gasteiger partial charge < -0.3 is 15.3 Å². The number of hydrogen-bond donors (Lipinski definition) is 2. The van der Waals surface area contributed by atoms with Gasteiger partial charge >= 0.3 is 6.03 Å². The Bertz CT molecular complexity index is 648. The van der Waals surface area contributed by atoms with Crippen LogP contribution in [0.2, 0.25) is 0 Å². The first kappa shape index (κ1) is 16.5. The number of hydrogen-bond acceptors (Lipinski definition) is 3. The number of aromatic nitrogens is 1. The quantitative estimate of drug-likeness (QED) is 0.888. The highest BCUT2D eigenvalue weighted by atomic mass is 16.3. The maximum atomic E-state index is 12.5. The van der Waals surface area contributed by atoms with Gasteiger partial charge in [-0.05, 0) is 37.0 Å². The van der Waals surface area contributed by atoms with Crippen LogP contribution in [0.15, 0.2) is 54.7 Å². The fraction of sp³-hybridized carbons (Fsp3) is 0.368. The normalized spacial score (nSPS) is 18.4. The van der Waals surface area contributed by atoms with Crippen molar-refractivity contribution in [1.82, 2.24) is 15.2 Å². The van der Waals surface area contributed by atoms with Crippen molar-refractivity contribution in [2.45, 2.75) is 38.0 Å². The molecule has 1 aromatic heterocycles. The van der Waals surface area contributed by atoms with Crippen molar-refractivity contribution < 1.29 is 9.90 Å². The van der Waals surface area contributed by atoms with Crippen LogP contribution >= 0.6 is 0 Å². The minimum atomic E-state index is -0.541. The summed E-state index contributed by atoms with van der Waals surface area (Å²) in [6.07, 6.45) is 3.65. The Morgan fingerprint density at radius 3 is 2.79 bits per heavy atom. The highest BCUT2D eigenvalue weighted by Gasteiger charge is 2.30. The third-order valence-corrected chi connectivity index (χ3v) is 4.46. The van der Waals surface area contributed by atoms with Gasteiger partial charge in [0.25, 0.3) is 0 Å². The maximum Gasteiger partial charge on any atom is 0.317 e. The second-order valence-corrected chi connectivity index (χ2v) is 6.13. The first-order valence-electron chi connectivity index (χ1n) is 8.41. The minimum absolute atomic E-state index is 0.0731. The third kappa shape index (κ3) is 4.11. The van der Waals surface area contributed by atoms with E-state index in [2.05, 4.69) is 10.3 Å². The Morgan fingerprint density at radius 1 is 1.25 bits per heavy atom. The van der Waals surface area contributed by atoms with E-state index in [0.717, 1.165) is 30.6 Å². The zero-order valence-electron chi connectivity index (χ0n) is 13.6. The van der Waals surface area contributed by atoms with Crippen molar-refractivity contribution >= 4 is 6.03 Å². The standard InChI is InChI=1S/C19H23N3O2/c23-18(15-7-2-1-3-8-15)13-17-10-6-12-22(17)19(24)21-14-16-9-4-5-11-20-16/h1-5,7-9,11,17-18,23H,6,10,12-14H2,(H,21,24). The lowest BCUT2D eigenvalue weighted by atomic mass is 10.0. The van der Waals surface area contributed by atoms with E-state index in [1.54, 1.807) is 6.20 Å². The van der Waals surface area contributed by atoms with Crippen LogP contribution in [0, 0.1) is 0 Å². The number of amides is 2. The lowest BCUT2D eigenvalue weighted by Gasteiger charge is -2.27. The Hall–Kier alpha value is -2.40. The summed E-state index contributed by atoms with van der Waals surface area (Å²) in [7, 11) is 0. The predicted molar refractivity (Wildman–Crippen MR) is 92.2 cm³/mol. The first-order valence-corrected chi connectivity index (χ1v) is 8.41. The summed E-state index contributed by atoms with van der Waals surface area (Å²) in [5.41, 5.74) is 1.74. The number of carbonyl (C=O) groups is 1. The summed E-state index contributed by atoms with van der Waals surface area (Å²) in [5, 5.41) is 13.3. The monoisotopic (exact) mass is 325 g/mol. The van der Waals surface area contributed by atoms with Gasteiger partial charge in [-0.1, -0.05) is 36.4 Å². The lowest BCUT2D eigenvalue weighted by Crippen LogP contribution is -2.43. The van der Waals surface area contributed by atoms with E-state index in [-0.39, 0.29) is 12.1 Å². The third-order valence-electron chi connectivity index (χ3n) is 4.46. The van der Waals surface area contributed by atoms with Crippen molar-refractivity contribution in [3.8, 4) is 0 Å². The summed E-state index contributed by atoms with van der Waals surface area (Å²) in [6.45, 7) is 1.16. The molecule has 0 saturated carbocycles. The van der Waals surface area contributed by atoms with Crippen molar-refractivity contribution in [3.63, 3.8) is 0 Å². The molecule has 126 valence electrons. The molecule has 0 aliphatic carbocycles. The highest BCUT2D eigenvalue weighted by molar-refractivity contribution is 5.74. The number of likely N-dealkylation sites (tertiary alicyclic amines) is 1. The summed E-state index contributed by atoms with van der Waals surface area (Å²) in [4.78, 5) is 18.5. The second-order valence-electron chi connectivity index (χ2n) is 6.13. The van der Waals surface area contributed by atoms with Gasteiger partial charge in [0.15, 0.2) is 0 Å². The van der Waals surface area contributed by atoms with Crippen molar-refractivity contribution in [2.75, 3.05) is 6.54 Å². The second kappa shape index (κ2) is 7.93. The van der Waals surface area contributed by atoms with Gasteiger partial charge in [0.1, 0.15) is 0 Å². The average molecular weight is 325 g/mol. The summed E-state index contributed by atoms with van der Waals surface area (Å²) in [5.74, 6) is 0. The molecule has 1 aliphatic rings. The van der Waals surface area contributed by atoms with Gasteiger partial charge in [0.2, 0.25) is 0 Å². The van der Waals surface area contributed by atoms with Crippen LogP contribution < -0.4 is 5.32 Å². The number of pyridine rings is 1. The zero-order valence-corrected chi connectivity index (χ0v) is 13.6. The summed E-state index contributed by atoms with van der Waals surface area (Å²) >= 11 is 0. The fourth-order valence-corrected chi connectivity index (χ4v) is 3.19. The molecule has 3 rings (SSSR count). The van der Waals surface area contributed by atoms with Crippen molar-refractivity contribution in [2.24, 2.45) is 0 Å². The van der Waals surface area contributed by atoms with Crippen LogP contribution in [0.25, 0.3) is 0 Å². The molecule has 5 nitrogen and oxygen atoms in total. The number of aliphatic hydroxyl groups is 1. The molecular weight excluding hydrogens is 302 g/mol. The topological polar surface area (TPSA) is 65.5 Å². The molecule has 2 N–H and O–H groups in total. The van der Waals surface area contributed by atoms with Crippen molar-refractivity contribution in [1.29, 1.82) is 0 Å². The van der Waals surface area contributed by atoms with E-state index >= 15 is 0 Å². The number of aliphatic hydroxyl groups excluding tert-OH is 1. The van der Waals surface area contributed by atoms with Gasteiger partial charge in [0.05, 0.1) is 18.3 Å². The Kier molecular flexibility index (Phi) is 5.43. The van der Waals surface area contributed by atoms with Crippen LogP contribution in [0.3, 0.4) is 0 Å². The molecule has 1 aromatic carbocycles. The molecule has 2 atom stereocenters. The molecule has 24 heavy (non-hydrogen) atoms. The Labute approximate surface area is 142 Å². The maximum absolute atomic E-state index is 12.5. The van der Waals surface area contributed by atoms with E-state index in [0.29, 0.717) is 13.0 Å². The van der Waals surface area contributed by atoms with E-state index < -0.39 is 6.10 Å². The van der Waals surface area contributed by atoms with Gasteiger partial charge in [0, 0.05) is 18.8 Å². The fourth-order valence-electron chi connectivity index (χ4n) is 3.19. The van der Waals surface area contributed by atoms with Gasteiger partial charge in [-0.25, -0.2) is 4.79 Å². The number of urea groups is 1. The summed E-state index contributed by atoms with van der Waals surface area (Å²) < 4.78 is 0. The molecule has 1 aliphatic heterocycles. The number of nitrogens with one attached hydrogen (secondary N) is 1.